The van der Waals surface area contributed by atoms with Gasteiger partial charge in [0.2, 0.25) is 0 Å². The summed E-state index contributed by atoms with van der Waals surface area (Å²) in [6, 6.07) is 11.5. The van der Waals surface area contributed by atoms with Gasteiger partial charge in [0, 0.05) is 46.3 Å². The minimum atomic E-state index is 0.337. The summed E-state index contributed by atoms with van der Waals surface area (Å²) in [6.45, 7) is 7.66. The highest BCUT2D eigenvalue weighted by atomic mass is 35.5. The van der Waals surface area contributed by atoms with E-state index in [2.05, 4.69) is 35.5 Å². The van der Waals surface area contributed by atoms with Crippen molar-refractivity contribution >= 4 is 28.7 Å². The second-order valence-electron chi connectivity index (χ2n) is 6.12. The van der Waals surface area contributed by atoms with Crippen LogP contribution in [-0.4, -0.2) is 29.6 Å². The Balaban J connectivity index is 1.83. The molecule has 1 heterocycles. The molecule has 0 radical (unpaired) electrons. The van der Waals surface area contributed by atoms with Gasteiger partial charge in [-0.1, -0.05) is 25.4 Å². The van der Waals surface area contributed by atoms with Crippen LogP contribution in [0.2, 0.25) is 5.02 Å². The predicted molar refractivity (Wildman–Crippen MR) is 106 cm³/mol. The van der Waals surface area contributed by atoms with Crippen molar-refractivity contribution in [3.8, 4) is 5.75 Å². The predicted octanol–water partition coefficient (Wildman–Crippen LogP) is 4.77. The molecule has 0 saturated carbocycles. The fraction of sp³-hybridized carbons (Fsp3) is 0.300. The molecule has 2 aromatic carbocycles. The molecule has 0 saturated heterocycles. The number of fused-ring (bicyclic) bond motifs is 1. The lowest BCUT2D eigenvalue weighted by molar-refractivity contribution is 0.291. The normalized spacial score (nSPS) is 13.2. The zero-order valence-corrected chi connectivity index (χ0v) is 15.4. The maximum atomic E-state index is 10.2. The fourth-order valence-corrected chi connectivity index (χ4v) is 3.19. The maximum Gasteiger partial charge on any atom is 0.120 e. The molecule has 0 amide bonds. The molecule has 0 bridgehead atoms. The van der Waals surface area contributed by atoms with E-state index in [9.17, 15) is 5.11 Å². The van der Waals surface area contributed by atoms with Gasteiger partial charge in [0.25, 0.3) is 0 Å². The second-order valence-corrected chi connectivity index (χ2v) is 6.55. The number of anilines is 2. The lowest BCUT2D eigenvalue weighted by Gasteiger charge is -2.22. The average Bonchev–Trinajstić information content (AvgIpc) is 2.62. The first-order valence-electron chi connectivity index (χ1n) is 8.66. The van der Waals surface area contributed by atoms with E-state index in [0.717, 1.165) is 59.4 Å². The molecule has 2 aromatic rings. The molecule has 25 heavy (non-hydrogen) atoms. The topological polar surface area (TPSA) is 47.5 Å². The molecule has 0 spiro atoms. The Kier molecular flexibility index (Phi) is 5.51. The van der Waals surface area contributed by atoms with Crippen molar-refractivity contribution in [1.82, 2.24) is 4.90 Å². The summed E-state index contributed by atoms with van der Waals surface area (Å²) in [7, 11) is 0. The number of phenols is 1. The van der Waals surface area contributed by atoms with E-state index in [1.165, 1.54) is 0 Å². The highest BCUT2D eigenvalue weighted by Gasteiger charge is 2.14. The summed E-state index contributed by atoms with van der Waals surface area (Å²) in [5, 5.41) is 17.7. The molecule has 5 heteroatoms. The van der Waals surface area contributed by atoms with Crippen molar-refractivity contribution < 1.29 is 5.11 Å². The first-order chi connectivity index (χ1) is 12.1. The Morgan fingerprint density at radius 3 is 2.72 bits per heavy atom. The van der Waals surface area contributed by atoms with Crippen LogP contribution in [0.4, 0.5) is 11.4 Å². The lowest BCUT2D eigenvalue weighted by Crippen LogP contribution is -2.22. The van der Waals surface area contributed by atoms with Crippen LogP contribution in [0.5, 0.6) is 5.75 Å². The second kappa shape index (κ2) is 7.81. The highest BCUT2D eigenvalue weighted by Crippen LogP contribution is 2.32. The van der Waals surface area contributed by atoms with E-state index in [0.29, 0.717) is 5.75 Å². The molecular weight excluding hydrogens is 334 g/mol. The summed E-state index contributed by atoms with van der Waals surface area (Å²) >= 11 is 6.09. The fourth-order valence-electron chi connectivity index (χ4n) is 3.02. The van der Waals surface area contributed by atoms with E-state index in [-0.39, 0.29) is 0 Å². The number of aromatic hydroxyl groups is 1. The van der Waals surface area contributed by atoms with Gasteiger partial charge in [0.15, 0.2) is 0 Å². The van der Waals surface area contributed by atoms with Gasteiger partial charge in [0.05, 0.1) is 0 Å². The Hall–Kier alpha value is -2.17. The monoisotopic (exact) mass is 357 g/mol. The van der Waals surface area contributed by atoms with Gasteiger partial charge in [-0.3, -0.25) is 4.90 Å². The van der Waals surface area contributed by atoms with Crippen molar-refractivity contribution in [3.05, 3.63) is 58.6 Å². The third kappa shape index (κ3) is 4.09. The summed E-state index contributed by atoms with van der Waals surface area (Å²) in [6.07, 6.45) is 2.12. The maximum absolute atomic E-state index is 10.2. The van der Waals surface area contributed by atoms with Gasteiger partial charge in [-0.25, -0.2) is 0 Å². The Labute approximate surface area is 154 Å². The summed E-state index contributed by atoms with van der Waals surface area (Å²) in [5.74, 6) is 0.337. The third-order valence-electron chi connectivity index (χ3n) is 4.52. The number of nitrogens with zero attached hydrogens (tertiary/aromatic N) is 1. The molecule has 0 aliphatic carbocycles. The van der Waals surface area contributed by atoms with Gasteiger partial charge >= 0.3 is 0 Å². The molecule has 1 aliphatic heterocycles. The SMILES string of the molecule is CCN(CC)Cc1cc(NC2=CCNc3cc(Cl)ccc32)ccc1O. The summed E-state index contributed by atoms with van der Waals surface area (Å²) < 4.78 is 0. The van der Waals surface area contributed by atoms with Crippen LogP contribution in [0, 0.1) is 0 Å². The van der Waals surface area contributed by atoms with E-state index in [4.69, 9.17) is 11.6 Å². The smallest absolute Gasteiger partial charge is 0.120 e. The largest absolute Gasteiger partial charge is 0.508 e. The van der Waals surface area contributed by atoms with Crippen LogP contribution in [-0.2, 0) is 6.54 Å². The number of hydrogen-bond acceptors (Lipinski definition) is 4. The zero-order valence-electron chi connectivity index (χ0n) is 14.6. The van der Waals surface area contributed by atoms with Crippen LogP contribution in [0.25, 0.3) is 5.70 Å². The highest BCUT2D eigenvalue weighted by molar-refractivity contribution is 6.31. The van der Waals surface area contributed by atoms with Gasteiger partial charge in [-0.15, -0.1) is 0 Å². The molecule has 3 N–H and O–H groups in total. The van der Waals surface area contributed by atoms with Crippen molar-refractivity contribution in [2.24, 2.45) is 0 Å². The van der Waals surface area contributed by atoms with Crippen LogP contribution in [0.15, 0.2) is 42.5 Å². The van der Waals surface area contributed by atoms with Crippen LogP contribution < -0.4 is 10.6 Å². The van der Waals surface area contributed by atoms with E-state index in [1.54, 1.807) is 6.07 Å². The molecule has 0 aromatic heterocycles. The quantitative estimate of drug-likeness (QED) is 0.652. The van der Waals surface area contributed by atoms with Gasteiger partial charge in [-0.05, 0) is 55.6 Å². The zero-order chi connectivity index (χ0) is 17.8. The number of halogens is 1. The molecule has 0 atom stereocenters. The average molecular weight is 358 g/mol. The van der Waals surface area contributed by atoms with Crippen LogP contribution in [0.3, 0.4) is 0 Å². The van der Waals surface area contributed by atoms with Crippen molar-refractivity contribution in [1.29, 1.82) is 0 Å². The Morgan fingerprint density at radius 2 is 1.96 bits per heavy atom. The first-order valence-corrected chi connectivity index (χ1v) is 9.03. The first kappa shape index (κ1) is 17.6. The van der Waals surface area contributed by atoms with Crippen molar-refractivity contribution in [3.63, 3.8) is 0 Å². The minimum absolute atomic E-state index is 0.337. The van der Waals surface area contributed by atoms with Gasteiger partial charge in [0.1, 0.15) is 5.75 Å². The number of benzene rings is 2. The molecule has 0 unspecified atom stereocenters. The van der Waals surface area contributed by atoms with E-state index >= 15 is 0 Å². The Bertz CT molecular complexity index is 785. The molecule has 132 valence electrons. The molecule has 1 aliphatic rings. The van der Waals surface area contributed by atoms with E-state index in [1.807, 2.05) is 30.3 Å². The van der Waals surface area contributed by atoms with Gasteiger partial charge < -0.3 is 15.7 Å². The molecule has 0 fully saturated rings. The third-order valence-corrected chi connectivity index (χ3v) is 4.75. The van der Waals surface area contributed by atoms with Crippen molar-refractivity contribution in [2.45, 2.75) is 20.4 Å². The van der Waals surface area contributed by atoms with Crippen LogP contribution in [0.1, 0.15) is 25.0 Å². The number of nitrogens with one attached hydrogen (secondary N) is 2. The number of hydrogen-bond donors (Lipinski definition) is 3. The molecule has 4 nitrogen and oxygen atoms in total. The molecule has 3 rings (SSSR count). The number of phenolic OH excluding ortho intramolecular Hbond substituents is 1. The summed E-state index contributed by atoms with van der Waals surface area (Å²) in [5.41, 5.74) is 5.06. The standard InChI is InChI=1S/C20H24ClN3O/c1-3-24(4-2)13-14-11-16(6-8-20(14)25)23-18-9-10-22-19-12-15(21)5-7-17(18)19/h5-9,11-12,22-23,25H,3-4,10,13H2,1-2H3. The summed E-state index contributed by atoms with van der Waals surface area (Å²) in [4.78, 5) is 2.28. The van der Waals surface area contributed by atoms with Crippen LogP contribution >= 0.6 is 11.6 Å². The minimum Gasteiger partial charge on any atom is -0.508 e. The van der Waals surface area contributed by atoms with Gasteiger partial charge in [-0.2, -0.15) is 0 Å². The van der Waals surface area contributed by atoms with Crippen molar-refractivity contribution in [2.75, 3.05) is 30.3 Å². The van der Waals surface area contributed by atoms with E-state index < -0.39 is 0 Å². The lowest BCUT2D eigenvalue weighted by atomic mass is 10.1. The Morgan fingerprint density at radius 1 is 1.16 bits per heavy atom. The molecular formula is C20H24ClN3O. The number of rotatable bonds is 6.